The molecular formula is C11H23N3OS. The first-order valence-electron chi connectivity index (χ1n) is 5.84. The van der Waals surface area contributed by atoms with Crippen LogP contribution in [-0.2, 0) is 4.79 Å². The quantitative estimate of drug-likeness (QED) is 0.740. The summed E-state index contributed by atoms with van der Waals surface area (Å²) < 4.78 is 0. The zero-order chi connectivity index (χ0) is 12.1. The molecule has 1 aliphatic heterocycles. The summed E-state index contributed by atoms with van der Waals surface area (Å²) in [7, 11) is 1.86. The second-order valence-electron chi connectivity index (χ2n) is 4.73. The van der Waals surface area contributed by atoms with Crippen molar-refractivity contribution in [3.8, 4) is 0 Å². The number of nitrogens with zero attached hydrogens (tertiary/aromatic N) is 1. The van der Waals surface area contributed by atoms with Crippen molar-refractivity contribution < 1.29 is 4.79 Å². The Morgan fingerprint density at radius 3 is 2.81 bits per heavy atom. The van der Waals surface area contributed by atoms with Gasteiger partial charge in [0.15, 0.2) is 0 Å². The van der Waals surface area contributed by atoms with Crippen LogP contribution < -0.4 is 11.1 Å². The van der Waals surface area contributed by atoms with E-state index in [1.807, 2.05) is 7.05 Å². The van der Waals surface area contributed by atoms with E-state index in [1.54, 1.807) is 16.7 Å². The van der Waals surface area contributed by atoms with Gasteiger partial charge in [-0.2, -0.15) is 0 Å². The smallest absolute Gasteiger partial charge is 0.240 e. The lowest BCUT2D eigenvalue weighted by Gasteiger charge is -2.23. The summed E-state index contributed by atoms with van der Waals surface area (Å²) in [4.78, 5) is 13.7. The van der Waals surface area contributed by atoms with Crippen LogP contribution in [0, 0.1) is 5.92 Å². The highest BCUT2D eigenvalue weighted by Gasteiger charge is 2.25. The molecule has 1 aliphatic rings. The van der Waals surface area contributed by atoms with Gasteiger partial charge in [0.2, 0.25) is 5.91 Å². The Labute approximate surface area is 102 Å². The van der Waals surface area contributed by atoms with E-state index in [0.29, 0.717) is 5.92 Å². The maximum Gasteiger partial charge on any atom is 0.240 e. The van der Waals surface area contributed by atoms with E-state index in [9.17, 15) is 4.79 Å². The molecule has 1 rings (SSSR count). The fraction of sp³-hybridized carbons (Fsp3) is 0.909. The van der Waals surface area contributed by atoms with E-state index in [2.05, 4.69) is 19.2 Å². The zero-order valence-corrected chi connectivity index (χ0v) is 11.2. The Hall–Kier alpha value is -0.260. The molecule has 0 aromatic heterocycles. The molecule has 3 N–H and O–H groups in total. The lowest BCUT2D eigenvalue weighted by atomic mass is 10.0. The molecule has 1 saturated heterocycles. The lowest BCUT2D eigenvalue weighted by Crippen LogP contribution is -2.44. The average molecular weight is 245 g/mol. The van der Waals surface area contributed by atoms with Crippen molar-refractivity contribution in [2.24, 2.45) is 11.7 Å². The summed E-state index contributed by atoms with van der Waals surface area (Å²) >= 11 is 1.77. The molecule has 0 radical (unpaired) electrons. The van der Waals surface area contributed by atoms with Crippen molar-refractivity contribution in [3.05, 3.63) is 0 Å². The summed E-state index contributed by atoms with van der Waals surface area (Å²) in [6.07, 6.45) is 0.875. The first-order chi connectivity index (χ1) is 7.52. The van der Waals surface area contributed by atoms with Gasteiger partial charge in [-0.25, -0.2) is 0 Å². The number of carbonyl (C=O) groups excluding carboxylic acids is 1. The number of carbonyl (C=O) groups is 1. The number of nitrogens with one attached hydrogen (secondary N) is 1. The van der Waals surface area contributed by atoms with E-state index in [0.717, 1.165) is 24.6 Å². The molecule has 5 heteroatoms. The maximum atomic E-state index is 11.9. The van der Waals surface area contributed by atoms with Crippen LogP contribution in [0.3, 0.4) is 0 Å². The lowest BCUT2D eigenvalue weighted by molar-refractivity contribution is -0.131. The van der Waals surface area contributed by atoms with Crippen molar-refractivity contribution in [1.29, 1.82) is 0 Å². The molecule has 4 nitrogen and oxygen atoms in total. The fourth-order valence-corrected chi connectivity index (χ4v) is 2.54. The minimum Gasteiger partial charge on any atom is -0.344 e. The van der Waals surface area contributed by atoms with Crippen LogP contribution in [0.25, 0.3) is 0 Å². The molecule has 2 atom stereocenters. The van der Waals surface area contributed by atoms with Gasteiger partial charge < -0.3 is 10.6 Å². The SMILES string of the molecule is CC(C)C(N)CCN(C)C(=O)C1CSCN1. The normalized spacial score (nSPS) is 22.4. The number of hydrogen-bond acceptors (Lipinski definition) is 4. The van der Waals surface area contributed by atoms with Crippen LogP contribution in [0.15, 0.2) is 0 Å². The number of hydrogen-bond donors (Lipinski definition) is 2. The summed E-state index contributed by atoms with van der Waals surface area (Å²) in [6.45, 7) is 4.98. The van der Waals surface area contributed by atoms with Crippen LogP contribution in [0.5, 0.6) is 0 Å². The fourth-order valence-electron chi connectivity index (χ4n) is 1.61. The van der Waals surface area contributed by atoms with Crippen LogP contribution in [0.1, 0.15) is 20.3 Å². The molecule has 94 valence electrons. The third kappa shape index (κ3) is 3.96. The summed E-state index contributed by atoms with van der Waals surface area (Å²) in [5.41, 5.74) is 5.96. The summed E-state index contributed by atoms with van der Waals surface area (Å²) in [6, 6.07) is 0.187. The van der Waals surface area contributed by atoms with Crippen LogP contribution in [0.4, 0.5) is 0 Å². The minimum atomic E-state index is 0.00488. The topological polar surface area (TPSA) is 58.4 Å². The van der Waals surface area contributed by atoms with Crippen molar-refractivity contribution >= 4 is 17.7 Å². The van der Waals surface area contributed by atoms with E-state index < -0.39 is 0 Å². The summed E-state index contributed by atoms with van der Waals surface area (Å²) in [5, 5.41) is 3.19. The van der Waals surface area contributed by atoms with Gasteiger partial charge in [0.05, 0.1) is 6.04 Å². The molecule has 0 saturated carbocycles. The van der Waals surface area contributed by atoms with Gasteiger partial charge in [-0.3, -0.25) is 10.1 Å². The van der Waals surface area contributed by atoms with Gasteiger partial charge in [-0.05, 0) is 12.3 Å². The van der Waals surface area contributed by atoms with E-state index in [4.69, 9.17) is 5.73 Å². The van der Waals surface area contributed by atoms with Crippen LogP contribution >= 0.6 is 11.8 Å². The third-order valence-corrected chi connectivity index (χ3v) is 3.98. The van der Waals surface area contributed by atoms with Gasteiger partial charge in [0.1, 0.15) is 0 Å². The standard InChI is InChI=1S/C11H23N3OS/c1-8(2)9(12)4-5-14(3)11(15)10-6-16-7-13-10/h8-10,13H,4-7,12H2,1-3H3. The first-order valence-corrected chi connectivity index (χ1v) is 6.99. The molecule has 0 aromatic carbocycles. The maximum absolute atomic E-state index is 11.9. The summed E-state index contributed by atoms with van der Waals surface area (Å²) in [5.74, 6) is 2.44. The Morgan fingerprint density at radius 2 is 2.31 bits per heavy atom. The minimum absolute atomic E-state index is 0.00488. The van der Waals surface area contributed by atoms with Crippen LogP contribution in [-0.4, -0.2) is 48.1 Å². The Balaban J connectivity index is 2.28. The number of nitrogens with two attached hydrogens (primary N) is 1. The highest BCUT2D eigenvalue weighted by Crippen LogP contribution is 2.12. The number of thioether (sulfide) groups is 1. The molecule has 0 aliphatic carbocycles. The second-order valence-corrected chi connectivity index (χ2v) is 5.76. The van der Waals surface area contributed by atoms with E-state index in [-0.39, 0.29) is 18.0 Å². The molecule has 2 unspecified atom stereocenters. The van der Waals surface area contributed by atoms with Gasteiger partial charge in [0, 0.05) is 31.3 Å². The molecule has 1 fully saturated rings. The molecule has 0 aromatic rings. The van der Waals surface area contributed by atoms with Gasteiger partial charge in [-0.15, -0.1) is 11.8 Å². The molecular weight excluding hydrogens is 222 g/mol. The molecule has 0 bridgehead atoms. The van der Waals surface area contributed by atoms with E-state index in [1.165, 1.54) is 0 Å². The van der Waals surface area contributed by atoms with Crippen molar-refractivity contribution in [3.63, 3.8) is 0 Å². The molecule has 1 amide bonds. The average Bonchev–Trinajstić information content (AvgIpc) is 2.77. The monoisotopic (exact) mass is 245 g/mol. The molecule has 0 spiro atoms. The number of rotatable bonds is 5. The van der Waals surface area contributed by atoms with Crippen LogP contribution in [0.2, 0.25) is 0 Å². The largest absolute Gasteiger partial charge is 0.344 e. The highest BCUT2D eigenvalue weighted by molar-refractivity contribution is 7.99. The second kappa shape index (κ2) is 6.47. The van der Waals surface area contributed by atoms with Crippen molar-refractivity contribution in [2.45, 2.75) is 32.4 Å². The van der Waals surface area contributed by atoms with Gasteiger partial charge in [0.25, 0.3) is 0 Å². The Morgan fingerprint density at radius 1 is 1.62 bits per heavy atom. The van der Waals surface area contributed by atoms with Gasteiger partial charge in [-0.1, -0.05) is 13.8 Å². The molecule has 1 heterocycles. The van der Waals surface area contributed by atoms with Crippen molar-refractivity contribution in [2.75, 3.05) is 25.2 Å². The highest BCUT2D eigenvalue weighted by atomic mass is 32.2. The number of amides is 1. The Kier molecular flexibility index (Phi) is 5.58. The zero-order valence-electron chi connectivity index (χ0n) is 10.4. The third-order valence-electron chi connectivity index (χ3n) is 3.04. The van der Waals surface area contributed by atoms with Gasteiger partial charge >= 0.3 is 0 Å². The first kappa shape index (κ1) is 13.8. The Bertz CT molecular complexity index is 229. The number of likely N-dealkylation sites (N-methyl/N-ethyl adjacent to an activating group) is 1. The molecule has 16 heavy (non-hydrogen) atoms. The predicted octanol–water partition coefficient (Wildman–Crippen LogP) is 0.481. The van der Waals surface area contributed by atoms with E-state index >= 15 is 0 Å². The van der Waals surface area contributed by atoms with Crippen molar-refractivity contribution in [1.82, 2.24) is 10.2 Å². The predicted molar refractivity (Wildman–Crippen MR) is 69.3 cm³/mol.